The number of aromatic amines is 1. The second kappa shape index (κ2) is 4.86. The molecule has 1 aromatic rings. The number of aliphatic carboxylic acids is 1. The topological polar surface area (TPSA) is 104 Å². The van der Waals surface area contributed by atoms with Gasteiger partial charge in [0.25, 0.3) is 0 Å². The number of hydrogen-bond donors (Lipinski definition) is 3. The molecule has 0 radical (unpaired) electrons. The van der Waals surface area contributed by atoms with E-state index in [0.29, 0.717) is 0 Å². The Morgan fingerprint density at radius 1 is 1.53 bits per heavy atom. The summed E-state index contributed by atoms with van der Waals surface area (Å²) in [4.78, 5) is 28.7. The zero-order valence-corrected chi connectivity index (χ0v) is 9.85. The van der Waals surface area contributed by atoms with Gasteiger partial charge in [-0.25, -0.2) is 14.6 Å². The molecule has 1 aromatic heterocycles. The fourth-order valence-corrected chi connectivity index (χ4v) is 1.12. The maximum absolute atomic E-state index is 11.4. The minimum atomic E-state index is -1.20. The molecular formula is C10H15N3O4. The van der Waals surface area contributed by atoms with Crippen molar-refractivity contribution < 1.29 is 19.4 Å². The van der Waals surface area contributed by atoms with Crippen LogP contribution in [0.25, 0.3) is 0 Å². The maximum atomic E-state index is 11.4. The lowest BCUT2D eigenvalue weighted by Crippen LogP contribution is -2.38. The van der Waals surface area contributed by atoms with Crippen molar-refractivity contribution in [1.82, 2.24) is 15.3 Å². The third-order valence-corrected chi connectivity index (χ3v) is 1.74. The molecule has 0 saturated heterocycles. The highest BCUT2D eigenvalue weighted by Crippen LogP contribution is 2.12. The van der Waals surface area contributed by atoms with E-state index in [1.165, 1.54) is 12.5 Å². The van der Waals surface area contributed by atoms with Crippen molar-refractivity contribution >= 4 is 12.1 Å². The van der Waals surface area contributed by atoms with E-state index in [2.05, 4.69) is 15.3 Å². The number of hydrogen-bond acceptors (Lipinski definition) is 4. The van der Waals surface area contributed by atoms with E-state index in [0.717, 1.165) is 0 Å². The summed E-state index contributed by atoms with van der Waals surface area (Å²) in [5.74, 6) is -1.19. The predicted molar refractivity (Wildman–Crippen MR) is 58.3 cm³/mol. The number of carbonyl (C=O) groups excluding carboxylic acids is 1. The number of alkyl carbamates (subject to hydrolysis) is 1. The maximum Gasteiger partial charge on any atom is 0.408 e. The smallest absolute Gasteiger partial charge is 0.408 e. The largest absolute Gasteiger partial charge is 0.479 e. The molecule has 94 valence electrons. The van der Waals surface area contributed by atoms with Gasteiger partial charge in [0, 0.05) is 0 Å². The number of H-pyrrole nitrogens is 1. The number of ether oxygens (including phenoxy) is 1. The Hall–Kier alpha value is -2.05. The van der Waals surface area contributed by atoms with Gasteiger partial charge in [0.2, 0.25) is 0 Å². The molecule has 0 saturated carbocycles. The molecule has 0 fully saturated rings. The van der Waals surface area contributed by atoms with Crippen molar-refractivity contribution in [1.29, 1.82) is 0 Å². The van der Waals surface area contributed by atoms with E-state index in [-0.39, 0.29) is 5.69 Å². The van der Waals surface area contributed by atoms with Gasteiger partial charge in [0.1, 0.15) is 5.60 Å². The Labute approximate surface area is 98.2 Å². The van der Waals surface area contributed by atoms with Crippen LogP contribution >= 0.6 is 0 Å². The number of imidazole rings is 1. The molecule has 0 aliphatic carbocycles. The van der Waals surface area contributed by atoms with Gasteiger partial charge in [-0.1, -0.05) is 0 Å². The summed E-state index contributed by atoms with van der Waals surface area (Å²) in [5.41, 5.74) is -0.399. The predicted octanol–water partition coefficient (Wildman–Crippen LogP) is 1.06. The summed E-state index contributed by atoms with van der Waals surface area (Å²) in [7, 11) is 0. The highest BCUT2D eigenvalue weighted by molar-refractivity contribution is 5.80. The normalized spacial score (nSPS) is 12.9. The van der Waals surface area contributed by atoms with Crippen LogP contribution in [0.5, 0.6) is 0 Å². The van der Waals surface area contributed by atoms with Crippen LogP contribution in [0.4, 0.5) is 4.79 Å². The molecule has 17 heavy (non-hydrogen) atoms. The molecule has 1 unspecified atom stereocenters. The van der Waals surface area contributed by atoms with Gasteiger partial charge < -0.3 is 20.1 Å². The van der Waals surface area contributed by atoms with E-state index < -0.39 is 23.7 Å². The summed E-state index contributed by atoms with van der Waals surface area (Å²) >= 11 is 0. The van der Waals surface area contributed by atoms with Crippen LogP contribution in [0.2, 0.25) is 0 Å². The Morgan fingerprint density at radius 3 is 2.59 bits per heavy atom. The van der Waals surface area contributed by atoms with Gasteiger partial charge in [-0.3, -0.25) is 0 Å². The van der Waals surface area contributed by atoms with Crippen LogP contribution in [-0.2, 0) is 9.53 Å². The van der Waals surface area contributed by atoms with Crippen LogP contribution in [-0.4, -0.2) is 32.7 Å². The number of nitrogens with zero attached hydrogens (tertiary/aromatic N) is 1. The Bertz CT molecular complexity index is 394. The molecular weight excluding hydrogens is 226 g/mol. The Balaban J connectivity index is 2.69. The quantitative estimate of drug-likeness (QED) is 0.734. The molecule has 0 aromatic carbocycles. The molecule has 0 spiro atoms. The number of nitrogens with one attached hydrogen (secondary N) is 2. The van der Waals surface area contributed by atoms with Gasteiger partial charge in [-0.15, -0.1) is 0 Å². The lowest BCUT2D eigenvalue weighted by atomic mass is 10.2. The molecule has 0 bridgehead atoms. The van der Waals surface area contributed by atoms with Crippen molar-refractivity contribution in [2.75, 3.05) is 0 Å². The summed E-state index contributed by atoms with van der Waals surface area (Å²) in [6.45, 7) is 5.08. The first-order valence-electron chi connectivity index (χ1n) is 5.00. The summed E-state index contributed by atoms with van der Waals surface area (Å²) in [5, 5.41) is 11.2. The molecule has 0 aliphatic heterocycles. The first-order chi connectivity index (χ1) is 7.79. The van der Waals surface area contributed by atoms with Crippen molar-refractivity contribution in [3.8, 4) is 0 Å². The van der Waals surface area contributed by atoms with Gasteiger partial charge in [0.15, 0.2) is 6.04 Å². The minimum absolute atomic E-state index is 0.281. The highest BCUT2D eigenvalue weighted by atomic mass is 16.6. The molecule has 1 heterocycles. The summed E-state index contributed by atoms with van der Waals surface area (Å²) in [6, 6.07) is -1.20. The number of carboxylic acids is 1. The second-order valence-corrected chi connectivity index (χ2v) is 4.42. The molecule has 1 rings (SSSR count). The Kier molecular flexibility index (Phi) is 3.72. The first-order valence-corrected chi connectivity index (χ1v) is 5.00. The van der Waals surface area contributed by atoms with E-state index in [4.69, 9.17) is 9.84 Å². The van der Waals surface area contributed by atoms with Crippen LogP contribution < -0.4 is 5.32 Å². The number of rotatable bonds is 3. The van der Waals surface area contributed by atoms with Crippen LogP contribution in [0.3, 0.4) is 0 Å². The van der Waals surface area contributed by atoms with Crippen molar-refractivity contribution in [3.63, 3.8) is 0 Å². The zero-order valence-electron chi connectivity index (χ0n) is 9.85. The van der Waals surface area contributed by atoms with Gasteiger partial charge in [0.05, 0.1) is 18.2 Å². The van der Waals surface area contributed by atoms with Gasteiger partial charge in [-0.2, -0.15) is 0 Å². The molecule has 0 aliphatic rings. The first kappa shape index (κ1) is 13.0. The number of aromatic nitrogens is 2. The molecule has 7 heteroatoms. The third kappa shape index (κ3) is 4.13. The lowest BCUT2D eigenvalue weighted by Gasteiger charge is -2.21. The monoisotopic (exact) mass is 241 g/mol. The van der Waals surface area contributed by atoms with Crippen LogP contribution in [0, 0.1) is 0 Å². The average Bonchev–Trinajstić information content (AvgIpc) is 2.63. The van der Waals surface area contributed by atoms with E-state index in [1.54, 1.807) is 20.8 Å². The van der Waals surface area contributed by atoms with Crippen LogP contribution in [0.1, 0.15) is 32.5 Å². The van der Waals surface area contributed by atoms with E-state index >= 15 is 0 Å². The average molecular weight is 241 g/mol. The fourth-order valence-electron chi connectivity index (χ4n) is 1.12. The van der Waals surface area contributed by atoms with Crippen molar-refractivity contribution in [3.05, 3.63) is 18.2 Å². The van der Waals surface area contributed by atoms with Gasteiger partial charge in [-0.05, 0) is 20.8 Å². The molecule has 1 amide bonds. The SMILES string of the molecule is CC(C)(C)OC(=O)NC(C(=O)O)c1cnc[nH]1. The highest BCUT2D eigenvalue weighted by Gasteiger charge is 2.26. The summed E-state index contributed by atoms with van der Waals surface area (Å²) in [6.07, 6.45) is 1.87. The summed E-state index contributed by atoms with van der Waals surface area (Å²) < 4.78 is 4.97. The minimum Gasteiger partial charge on any atom is -0.479 e. The fraction of sp³-hybridized carbons (Fsp3) is 0.500. The van der Waals surface area contributed by atoms with E-state index in [1.807, 2.05) is 0 Å². The van der Waals surface area contributed by atoms with E-state index in [9.17, 15) is 9.59 Å². The number of carboxylic acid groups (broad SMARTS) is 1. The lowest BCUT2D eigenvalue weighted by molar-refractivity contribution is -0.139. The molecule has 3 N–H and O–H groups in total. The molecule has 7 nitrogen and oxygen atoms in total. The Morgan fingerprint density at radius 2 is 2.18 bits per heavy atom. The van der Waals surface area contributed by atoms with Crippen LogP contribution in [0.15, 0.2) is 12.5 Å². The van der Waals surface area contributed by atoms with Gasteiger partial charge >= 0.3 is 12.1 Å². The second-order valence-electron chi connectivity index (χ2n) is 4.42. The third-order valence-electron chi connectivity index (χ3n) is 1.74. The number of carbonyl (C=O) groups is 2. The van der Waals surface area contributed by atoms with Crippen molar-refractivity contribution in [2.45, 2.75) is 32.4 Å². The molecule has 1 atom stereocenters. The standard InChI is InChI=1S/C10H15N3O4/c1-10(2,3)17-9(16)13-7(8(14)15)6-4-11-5-12-6/h4-5,7H,1-3H3,(H,11,12)(H,13,16)(H,14,15). The number of amides is 1. The zero-order chi connectivity index (χ0) is 13.1. The van der Waals surface area contributed by atoms with Crippen molar-refractivity contribution in [2.24, 2.45) is 0 Å².